The molecule has 38 heavy (non-hydrogen) atoms. The summed E-state index contributed by atoms with van der Waals surface area (Å²) in [6, 6.07) is 18.8. The second-order valence-electron chi connectivity index (χ2n) is 7.92. The molecule has 1 aliphatic heterocycles. The Bertz CT molecular complexity index is 1500. The molecule has 0 unspecified atom stereocenters. The topological polar surface area (TPSA) is 109 Å². The molecule has 0 aliphatic carbocycles. The molecule has 1 fully saturated rings. The third-order valence-corrected chi connectivity index (χ3v) is 6.77. The van der Waals surface area contributed by atoms with Crippen molar-refractivity contribution in [3.63, 3.8) is 0 Å². The van der Waals surface area contributed by atoms with Gasteiger partial charge in [-0.2, -0.15) is 5.26 Å². The Hall–Kier alpha value is -3.97. The van der Waals surface area contributed by atoms with Crippen molar-refractivity contribution >= 4 is 63.8 Å². The van der Waals surface area contributed by atoms with Gasteiger partial charge in [0.05, 0.1) is 28.7 Å². The van der Waals surface area contributed by atoms with Crippen LogP contribution in [0, 0.1) is 11.3 Å². The van der Waals surface area contributed by atoms with Crippen molar-refractivity contribution in [1.29, 1.82) is 5.26 Å². The number of rotatable bonds is 8. The monoisotopic (exact) mass is 567 g/mol. The molecule has 0 saturated carbocycles. The fourth-order valence-corrected chi connectivity index (χ4v) is 4.87. The summed E-state index contributed by atoms with van der Waals surface area (Å²) in [6.07, 6.45) is 1.49. The third kappa shape index (κ3) is 6.29. The fourth-order valence-electron chi connectivity index (χ4n) is 3.57. The lowest BCUT2D eigenvalue weighted by Crippen LogP contribution is -2.36. The van der Waals surface area contributed by atoms with Crippen molar-refractivity contribution in [2.45, 2.75) is 6.61 Å². The summed E-state index contributed by atoms with van der Waals surface area (Å²) >= 11 is 13.1. The quantitative estimate of drug-likeness (QED) is 0.326. The van der Waals surface area contributed by atoms with Crippen molar-refractivity contribution in [2.24, 2.45) is 0 Å². The highest BCUT2D eigenvalue weighted by Gasteiger charge is 2.36. The van der Waals surface area contributed by atoms with Crippen LogP contribution in [0.4, 0.5) is 10.5 Å². The first-order valence-corrected chi connectivity index (χ1v) is 12.7. The van der Waals surface area contributed by atoms with Crippen LogP contribution in [0.25, 0.3) is 6.08 Å². The first-order valence-electron chi connectivity index (χ1n) is 11.1. The molecule has 0 radical (unpaired) electrons. The Morgan fingerprint density at radius 1 is 1.13 bits per heavy atom. The number of amides is 3. The lowest BCUT2D eigenvalue weighted by molar-refractivity contribution is -0.127. The molecule has 8 nitrogen and oxygen atoms in total. The minimum absolute atomic E-state index is 0.0926. The van der Waals surface area contributed by atoms with Gasteiger partial charge in [0.15, 0.2) is 11.5 Å². The predicted octanol–water partition coefficient (Wildman–Crippen LogP) is 6.13. The number of thioether (sulfide) groups is 1. The van der Waals surface area contributed by atoms with Gasteiger partial charge in [0.2, 0.25) is 5.91 Å². The summed E-state index contributed by atoms with van der Waals surface area (Å²) in [5.41, 5.74) is 2.11. The Kier molecular flexibility index (Phi) is 8.59. The van der Waals surface area contributed by atoms with E-state index in [1.165, 1.54) is 13.2 Å². The second kappa shape index (κ2) is 12.0. The van der Waals surface area contributed by atoms with E-state index >= 15 is 0 Å². The molecule has 1 aliphatic rings. The highest BCUT2D eigenvalue weighted by molar-refractivity contribution is 8.18. The maximum absolute atomic E-state index is 12.9. The number of nitrogens with one attached hydrogen (secondary N) is 1. The first kappa shape index (κ1) is 27.1. The maximum atomic E-state index is 12.9. The average Bonchev–Trinajstić information content (AvgIpc) is 3.15. The van der Waals surface area contributed by atoms with Crippen molar-refractivity contribution in [1.82, 2.24) is 4.90 Å². The normalized spacial score (nSPS) is 13.9. The molecule has 1 heterocycles. The number of hydrogen-bond donors (Lipinski definition) is 1. The van der Waals surface area contributed by atoms with Crippen LogP contribution in [0.5, 0.6) is 11.5 Å². The van der Waals surface area contributed by atoms with Gasteiger partial charge in [0, 0.05) is 16.3 Å². The maximum Gasteiger partial charge on any atom is 0.294 e. The molecule has 0 bridgehead atoms. The smallest absolute Gasteiger partial charge is 0.294 e. The molecule has 0 atom stereocenters. The van der Waals surface area contributed by atoms with E-state index in [9.17, 15) is 19.6 Å². The summed E-state index contributed by atoms with van der Waals surface area (Å²) in [5, 5.41) is 12.0. The van der Waals surface area contributed by atoms with Gasteiger partial charge in [-0.1, -0.05) is 47.5 Å². The zero-order chi connectivity index (χ0) is 27.2. The number of carbonyl (C=O) groups excluding carboxylic acids is 3. The number of methoxy groups -OCH3 is 1. The van der Waals surface area contributed by atoms with E-state index in [1.807, 2.05) is 0 Å². The zero-order valence-electron chi connectivity index (χ0n) is 19.9. The van der Waals surface area contributed by atoms with Crippen LogP contribution < -0.4 is 14.8 Å². The number of imide groups is 1. The Morgan fingerprint density at radius 2 is 1.92 bits per heavy atom. The Balaban J connectivity index is 1.48. The summed E-state index contributed by atoms with van der Waals surface area (Å²) in [5.74, 6) is -0.576. The highest BCUT2D eigenvalue weighted by atomic mass is 35.5. The molecular formula is C27H19Cl2N3O5S. The second-order valence-corrected chi connectivity index (χ2v) is 9.75. The largest absolute Gasteiger partial charge is 0.493 e. The van der Waals surface area contributed by atoms with E-state index < -0.39 is 23.6 Å². The van der Waals surface area contributed by atoms with Crippen molar-refractivity contribution in [3.05, 3.63) is 92.3 Å². The number of nitriles is 1. The van der Waals surface area contributed by atoms with Crippen LogP contribution in [0.1, 0.15) is 16.7 Å². The van der Waals surface area contributed by atoms with Crippen LogP contribution in [0.15, 0.2) is 65.6 Å². The molecule has 3 aromatic rings. The highest BCUT2D eigenvalue weighted by Crippen LogP contribution is 2.39. The lowest BCUT2D eigenvalue weighted by Gasteiger charge is -2.14. The molecule has 192 valence electrons. The summed E-state index contributed by atoms with van der Waals surface area (Å²) in [6.45, 7) is -0.356. The fraction of sp³-hybridized carbons (Fsp3) is 0.111. The number of benzene rings is 3. The van der Waals surface area contributed by atoms with Crippen LogP contribution in [0.3, 0.4) is 0 Å². The minimum atomic E-state index is -0.607. The van der Waals surface area contributed by atoms with Crippen molar-refractivity contribution < 1.29 is 23.9 Å². The van der Waals surface area contributed by atoms with E-state index in [-0.39, 0.29) is 22.3 Å². The SMILES string of the molecule is COc1cc(/C=C2\SC(=O)N(CC(=O)Nc3cccc(Cl)c3)C2=O)cc(Cl)c1OCc1ccccc1C#N. The van der Waals surface area contributed by atoms with Gasteiger partial charge in [-0.25, -0.2) is 0 Å². The molecular weight excluding hydrogens is 549 g/mol. The van der Waals surface area contributed by atoms with Gasteiger partial charge in [0.1, 0.15) is 13.2 Å². The van der Waals surface area contributed by atoms with E-state index in [2.05, 4.69) is 11.4 Å². The van der Waals surface area contributed by atoms with Crippen LogP contribution in [0.2, 0.25) is 10.0 Å². The van der Waals surface area contributed by atoms with Crippen LogP contribution >= 0.6 is 35.0 Å². The number of halogens is 2. The van der Waals surface area contributed by atoms with Gasteiger partial charge >= 0.3 is 0 Å². The molecule has 0 aromatic heterocycles. The van der Waals surface area contributed by atoms with Crippen LogP contribution in [-0.2, 0) is 16.2 Å². The number of ether oxygens (including phenoxy) is 2. The average molecular weight is 568 g/mol. The van der Waals surface area contributed by atoms with E-state index in [0.717, 1.165) is 4.90 Å². The predicted molar refractivity (Wildman–Crippen MR) is 146 cm³/mol. The minimum Gasteiger partial charge on any atom is -0.493 e. The molecule has 11 heteroatoms. The molecule has 3 amide bonds. The van der Waals surface area contributed by atoms with E-state index in [1.54, 1.807) is 60.7 Å². The van der Waals surface area contributed by atoms with Gasteiger partial charge in [0.25, 0.3) is 11.1 Å². The Morgan fingerprint density at radius 3 is 2.66 bits per heavy atom. The number of hydrogen-bond acceptors (Lipinski definition) is 7. The van der Waals surface area contributed by atoms with Gasteiger partial charge < -0.3 is 14.8 Å². The van der Waals surface area contributed by atoms with Crippen molar-refractivity contribution in [3.8, 4) is 17.6 Å². The van der Waals surface area contributed by atoms with Gasteiger partial charge in [-0.15, -0.1) is 0 Å². The summed E-state index contributed by atoms with van der Waals surface area (Å²) in [7, 11) is 1.44. The molecule has 3 aromatic carbocycles. The molecule has 4 rings (SSSR count). The van der Waals surface area contributed by atoms with Gasteiger partial charge in [-0.3, -0.25) is 19.3 Å². The molecule has 0 spiro atoms. The molecule has 1 N–H and O–H groups in total. The van der Waals surface area contributed by atoms with E-state index in [0.29, 0.717) is 44.9 Å². The van der Waals surface area contributed by atoms with Gasteiger partial charge in [-0.05, 0) is 59.8 Å². The summed E-state index contributed by atoms with van der Waals surface area (Å²) < 4.78 is 11.3. The van der Waals surface area contributed by atoms with Crippen LogP contribution in [-0.4, -0.2) is 35.6 Å². The Labute approximate surface area is 232 Å². The lowest BCUT2D eigenvalue weighted by atomic mass is 10.1. The molecule has 1 saturated heterocycles. The zero-order valence-corrected chi connectivity index (χ0v) is 22.2. The number of nitrogens with zero attached hydrogens (tertiary/aromatic N) is 2. The standard InChI is InChI=1S/C27H19Cl2N3O5S/c1-36-22-10-16(9-21(29)25(22)37-15-18-6-3-2-5-17(18)13-30)11-23-26(34)32(27(35)38-23)14-24(33)31-20-8-4-7-19(28)12-20/h2-12H,14-15H2,1H3,(H,31,33)/b23-11-. The third-order valence-electron chi connectivity index (χ3n) is 5.34. The van der Waals surface area contributed by atoms with Crippen molar-refractivity contribution in [2.75, 3.05) is 19.0 Å². The summed E-state index contributed by atoms with van der Waals surface area (Å²) in [4.78, 5) is 38.8. The number of carbonyl (C=O) groups is 3. The number of anilines is 1. The first-order chi connectivity index (χ1) is 18.3. The van der Waals surface area contributed by atoms with E-state index in [4.69, 9.17) is 32.7 Å².